The lowest BCUT2D eigenvalue weighted by atomic mass is 9.82. The molecule has 0 aromatic carbocycles. The number of carbonyl (C=O) groups excluding carboxylic acids is 1. The molecular weight excluding hydrogens is 263 g/mol. The first-order valence-corrected chi connectivity index (χ1v) is 6.39. The van der Waals surface area contributed by atoms with E-state index in [4.69, 9.17) is 0 Å². The summed E-state index contributed by atoms with van der Waals surface area (Å²) in [6.07, 6.45) is 6.80. The molecule has 1 heterocycles. The van der Waals surface area contributed by atoms with E-state index in [9.17, 15) is 19.1 Å². The summed E-state index contributed by atoms with van der Waals surface area (Å²) in [7, 11) is 0. The second-order valence-corrected chi connectivity index (χ2v) is 5.18. The van der Waals surface area contributed by atoms with Crippen molar-refractivity contribution in [2.75, 3.05) is 5.32 Å². The minimum absolute atomic E-state index is 0.0286. The Balaban J connectivity index is 1.82. The van der Waals surface area contributed by atoms with Gasteiger partial charge in [-0.3, -0.25) is 14.6 Å². The quantitative estimate of drug-likeness (QED) is 0.823. The minimum Gasteiger partial charge on any atom is -0.481 e. The molecule has 1 aromatic rings. The summed E-state index contributed by atoms with van der Waals surface area (Å²) in [5.74, 6) is -3.60. The van der Waals surface area contributed by atoms with Crippen LogP contribution in [0.15, 0.2) is 30.6 Å². The summed E-state index contributed by atoms with van der Waals surface area (Å²) in [5, 5.41) is 11.7. The normalized spacial score (nSPS) is 30.4. The Hall–Kier alpha value is -2.24. The van der Waals surface area contributed by atoms with Crippen LogP contribution in [0.3, 0.4) is 0 Å². The van der Waals surface area contributed by atoms with Crippen LogP contribution in [0.1, 0.15) is 6.42 Å². The standard InChI is InChI=1S/C14H13FN2O3/c15-9-6-16-4-3-10(9)17-13(18)11-7-1-2-8(5-7)12(11)14(19)20/h1-4,6-8,11-12H,5H2,(H,19,20)(H,16,17,18). The zero-order chi connectivity index (χ0) is 14.3. The van der Waals surface area contributed by atoms with Gasteiger partial charge in [0, 0.05) is 6.20 Å². The van der Waals surface area contributed by atoms with Gasteiger partial charge in [0.1, 0.15) is 0 Å². The number of aliphatic carboxylic acids is 1. The third-order valence-corrected chi connectivity index (χ3v) is 4.08. The SMILES string of the molecule is O=C(O)C1C2C=CC(C2)C1C(=O)Nc1ccncc1F. The van der Waals surface area contributed by atoms with Gasteiger partial charge >= 0.3 is 5.97 Å². The molecule has 20 heavy (non-hydrogen) atoms. The van der Waals surface area contributed by atoms with Crippen LogP contribution in [0.4, 0.5) is 10.1 Å². The van der Waals surface area contributed by atoms with Gasteiger partial charge in [-0.05, 0) is 24.3 Å². The number of halogens is 1. The lowest BCUT2D eigenvalue weighted by Crippen LogP contribution is -2.36. The third-order valence-electron chi connectivity index (χ3n) is 4.08. The van der Waals surface area contributed by atoms with Crippen molar-refractivity contribution >= 4 is 17.6 Å². The molecule has 2 bridgehead atoms. The van der Waals surface area contributed by atoms with Gasteiger partial charge in [0.05, 0.1) is 23.7 Å². The number of nitrogens with zero attached hydrogens (tertiary/aromatic N) is 1. The Bertz CT molecular complexity index is 602. The summed E-state index contributed by atoms with van der Waals surface area (Å²) >= 11 is 0. The summed E-state index contributed by atoms with van der Waals surface area (Å²) in [5.41, 5.74) is 0.0286. The Kier molecular flexibility index (Phi) is 3.00. The fourth-order valence-corrected chi connectivity index (χ4v) is 3.21. The van der Waals surface area contributed by atoms with Crippen LogP contribution in [0.25, 0.3) is 0 Å². The van der Waals surface area contributed by atoms with E-state index in [1.807, 2.05) is 12.2 Å². The average Bonchev–Trinajstić information content (AvgIpc) is 3.01. The molecule has 4 unspecified atom stereocenters. The number of anilines is 1. The van der Waals surface area contributed by atoms with Crippen LogP contribution in [0.2, 0.25) is 0 Å². The topological polar surface area (TPSA) is 79.3 Å². The van der Waals surface area contributed by atoms with Crippen molar-refractivity contribution < 1.29 is 19.1 Å². The van der Waals surface area contributed by atoms with Gasteiger partial charge < -0.3 is 10.4 Å². The van der Waals surface area contributed by atoms with Crippen molar-refractivity contribution in [2.45, 2.75) is 6.42 Å². The number of carbonyl (C=O) groups is 2. The largest absolute Gasteiger partial charge is 0.481 e. The lowest BCUT2D eigenvalue weighted by molar-refractivity contribution is -0.146. The van der Waals surface area contributed by atoms with Crippen LogP contribution in [-0.2, 0) is 9.59 Å². The third kappa shape index (κ3) is 1.97. The number of aromatic nitrogens is 1. The van der Waals surface area contributed by atoms with Gasteiger partial charge in [0.2, 0.25) is 5.91 Å². The molecule has 1 saturated carbocycles. The zero-order valence-corrected chi connectivity index (χ0v) is 10.5. The summed E-state index contributed by atoms with van der Waals surface area (Å²) < 4.78 is 13.5. The second kappa shape index (κ2) is 4.70. The van der Waals surface area contributed by atoms with Gasteiger partial charge in [0.15, 0.2) is 5.82 Å². The Morgan fingerprint density at radius 1 is 1.30 bits per heavy atom. The fraction of sp³-hybridized carbons (Fsp3) is 0.357. The smallest absolute Gasteiger partial charge is 0.307 e. The monoisotopic (exact) mass is 276 g/mol. The Morgan fingerprint density at radius 2 is 2.00 bits per heavy atom. The van der Waals surface area contributed by atoms with Crippen LogP contribution in [-0.4, -0.2) is 22.0 Å². The highest BCUT2D eigenvalue weighted by Crippen LogP contribution is 2.48. The molecule has 6 heteroatoms. The molecule has 2 aliphatic rings. The molecule has 104 valence electrons. The molecule has 3 rings (SSSR count). The van der Waals surface area contributed by atoms with Crippen molar-refractivity contribution in [3.8, 4) is 0 Å². The van der Waals surface area contributed by atoms with E-state index in [1.54, 1.807) is 0 Å². The highest BCUT2D eigenvalue weighted by atomic mass is 19.1. The van der Waals surface area contributed by atoms with Crippen molar-refractivity contribution in [3.63, 3.8) is 0 Å². The van der Waals surface area contributed by atoms with E-state index < -0.39 is 29.5 Å². The van der Waals surface area contributed by atoms with E-state index >= 15 is 0 Å². The molecule has 1 aromatic heterocycles. The van der Waals surface area contributed by atoms with Gasteiger partial charge in [-0.2, -0.15) is 0 Å². The highest BCUT2D eigenvalue weighted by Gasteiger charge is 2.51. The Morgan fingerprint density at radius 3 is 2.65 bits per heavy atom. The number of allylic oxidation sites excluding steroid dienone is 2. The number of hydrogen-bond donors (Lipinski definition) is 2. The molecule has 1 fully saturated rings. The number of pyridine rings is 1. The lowest BCUT2D eigenvalue weighted by Gasteiger charge is -2.23. The van der Waals surface area contributed by atoms with Crippen LogP contribution < -0.4 is 5.32 Å². The first-order chi connectivity index (χ1) is 9.58. The van der Waals surface area contributed by atoms with Gasteiger partial charge in [-0.1, -0.05) is 12.2 Å². The van der Waals surface area contributed by atoms with Crippen LogP contribution in [0.5, 0.6) is 0 Å². The number of rotatable bonds is 3. The summed E-state index contributed by atoms with van der Waals surface area (Å²) in [6.45, 7) is 0. The van der Waals surface area contributed by atoms with Crippen molar-refractivity contribution in [1.82, 2.24) is 4.98 Å². The summed E-state index contributed by atoms with van der Waals surface area (Å²) in [6, 6.07) is 1.35. The van der Waals surface area contributed by atoms with E-state index in [0.29, 0.717) is 6.42 Å². The van der Waals surface area contributed by atoms with E-state index in [-0.39, 0.29) is 17.5 Å². The predicted molar refractivity (Wildman–Crippen MR) is 68.2 cm³/mol. The molecule has 0 saturated heterocycles. The molecule has 2 aliphatic carbocycles. The maximum Gasteiger partial charge on any atom is 0.307 e. The molecular formula is C14H13FN2O3. The van der Waals surface area contributed by atoms with Gasteiger partial charge in [0.25, 0.3) is 0 Å². The zero-order valence-electron chi connectivity index (χ0n) is 10.5. The minimum atomic E-state index is -0.975. The first kappa shape index (κ1) is 12.8. The highest BCUT2D eigenvalue weighted by molar-refractivity contribution is 5.96. The molecule has 0 spiro atoms. The van der Waals surface area contributed by atoms with E-state index in [1.165, 1.54) is 12.3 Å². The average molecular weight is 276 g/mol. The first-order valence-electron chi connectivity index (χ1n) is 6.39. The summed E-state index contributed by atoms with van der Waals surface area (Å²) in [4.78, 5) is 27.2. The molecule has 5 nitrogen and oxygen atoms in total. The molecule has 0 radical (unpaired) electrons. The predicted octanol–water partition coefficient (Wildman–Crippen LogP) is 1.68. The van der Waals surface area contributed by atoms with E-state index in [2.05, 4.69) is 10.3 Å². The number of carboxylic acids is 1. The maximum absolute atomic E-state index is 13.5. The number of fused-ring (bicyclic) bond motifs is 2. The maximum atomic E-state index is 13.5. The van der Waals surface area contributed by atoms with Crippen molar-refractivity contribution in [3.05, 3.63) is 36.4 Å². The number of nitrogens with one attached hydrogen (secondary N) is 1. The fourth-order valence-electron chi connectivity index (χ4n) is 3.21. The molecule has 2 N–H and O–H groups in total. The van der Waals surface area contributed by atoms with Crippen molar-refractivity contribution in [2.24, 2.45) is 23.7 Å². The molecule has 0 aliphatic heterocycles. The number of amides is 1. The van der Waals surface area contributed by atoms with E-state index in [0.717, 1.165) is 6.20 Å². The Labute approximate surface area is 114 Å². The molecule has 1 amide bonds. The number of hydrogen-bond acceptors (Lipinski definition) is 3. The van der Waals surface area contributed by atoms with Crippen LogP contribution >= 0.6 is 0 Å². The molecule has 4 atom stereocenters. The van der Waals surface area contributed by atoms with Crippen molar-refractivity contribution in [1.29, 1.82) is 0 Å². The van der Waals surface area contributed by atoms with Gasteiger partial charge in [-0.25, -0.2) is 4.39 Å². The second-order valence-electron chi connectivity index (χ2n) is 5.18. The van der Waals surface area contributed by atoms with Crippen LogP contribution in [0, 0.1) is 29.5 Å². The van der Waals surface area contributed by atoms with Gasteiger partial charge in [-0.15, -0.1) is 0 Å². The number of carboxylic acid groups (broad SMARTS) is 1.